The molecule has 76 valence electrons. The van der Waals surface area contributed by atoms with E-state index >= 15 is 0 Å². The summed E-state index contributed by atoms with van der Waals surface area (Å²) in [4.78, 5) is 20.1. The van der Waals surface area contributed by atoms with E-state index in [1.165, 1.54) is 0 Å². The summed E-state index contributed by atoms with van der Waals surface area (Å²) in [6.45, 7) is 2.88. The van der Waals surface area contributed by atoms with Crippen molar-refractivity contribution in [3.8, 4) is 0 Å². The fourth-order valence-corrected chi connectivity index (χ4v) is 1.84. The molecule has 2 rings (SSSR count). The van der Waals surface area contributed by atoms with Gasteiger partial charge in [0.15, 0.2) is 0 Å². The summed E-state index contributed by atoms with van der Waals surface area (Å²) in [5.74, 6) is 1.29. The molecule has 0 atom stereocenters. The Morgan fingerprint density at radius 3 is 2.93 bits per heavy atom. The highest BCUT2D eigenvalue weighted by Gasteiger charge is 2.18. The number of piperidine rings is 1. The Hall–Kier alpha value is -1.16. The first kappa shape index (κ1) is 9.40. The van der Waals surface area contributed by atoms with Gasteiger partial charge < -0.3 is 9.78 Å². The third-order valence-electron chi connectivity index (χ3n) is 2.75. The summed E-state index contributed by atoms with van der Waals surface area (Å²) < 4.78 is 0. The molecule has 0 bridgehead atoms. The number of imidazole rings is 1. The summed E-state index contributed by atoms with van der Waals surface area (Å²) >= 11 is 0. The van der Waals surface area contributed by atoms with Crippen LogP contribution in [0.15, 0.2) is 12.4 Å². The van der Waals surface area contributed by atoms with Crippen molar-refractivity contribution in [1.82, 2.24) is 14.9 Å². The van der Waals surface area contributed by atoms with Gasteiger partial charge in [0.2, 0.25) is 0 Å². The number of carbonyl (C=O) groups excluding carboxylic acids is 1. The van der Waals surface area contributed by atoms with Crippen molar-refractivity contribution in [2.75, 3.05) is 13.1 Å². The van der Waals surface area contributed by atoms with Crippen LogP contribution < -0.4 is 0 Å². The molecular formula is C10H15N3O. The highest BCUT2D eigenvalue weighted by atomic mass is 16.1. The van der Waals surface area contributed by atoms with Crippen LogP contribution in [0.25, 0.3) is 0 Å². The number of aromatic amines is 1. The molecule has 0 aromatic carbocycles. The molecule has 0 radical (unpaired) electrons. The van der Waals surface area contributed by atoms with E-state index in [-0.39, 0.29) is 5.92 Å². The fourth-order valence-electron chi connectivity index (χ4n) is 1.84. The predicted octanol–water partition coefficient (Wildman–Crippen LogP) is 0.821. The van der Waals surface area contributed by atoms with Crippen molar-refractivity contribution >= 4 is 6.29 Å². The Morgan fingerprint density at radius 1 is 1.57 bits per heavy atom. The quantitative estimate of drug-likeness (QED) is 0.723. The first-order valence-electron chi connectivity index (χ1n) is 5.04. The van der Waals surface area contributed by atoms with E-state index in [0.29, 0.717) is 0 Å². The maximum Gasteiger partial charge on any atom is 0.123 e. The Labute approximate surface area is 83.3 Å². The number of hydrogen-bond donors (Lipinski definition) is 1. The number of nitrogens with zero attached hydrogens (tertiary/aromatic N) is 2. The van der Waals surface area contributed by atoms with Crippen LogP contribution in [0, 0.1) is 5.92 Å². The summed E-state index contributed by atoms with van der Waals surface area (Å²) in [6.07, 6.45) is 6.68. The van der Waals surface area contributed by atoms with Crippen molar-refractivity contribution in [3.05, 3.63) is 18.2 Å². The first-order chi connectivity index (χ1) is 6.88. The Kier molecular flexibility index (Phi) is 2.93. The largest absolute Gasteiger partial charge is 0.348 e. The second-order valence-corrected chi connectivity index (χ2v) is 3.79. The van der Waals surface area contributed by atoms with Gasteiger partial charge >= 0.3 is 0 Å². The molecule has 0 aliphatic carbocycles. The Balaban J connectivity index is 1.81. The van der Waals surface area contributed by atoms with E-state index in [1.807, 2.05) is 6.20 Å². The van der Waals surface area contributed by atoms with E-state index in [0.717, 1.165) is 44.6 Å². The molecule has 4 nitrogen and oxygen atoms in total. The van der Waals surface area contributed by atoms with Crippen molar-refractivity contribution < 1.29 is 4.79 Å². The molecule has 1 N–H and O–H groups in total. The SMILES string of the molecule is O=CC1CCN(Cc2ncc[nH]2)CC1. The first-order valence-corrected chi connectivity index (χ1v) is 5.04. The van der Waals surface area contributed by atoms with Gasteiger partial charge in [0.05, 0.1) is 6.54 Å². The van der Waals surface area contributed by atoms with Crippen molar-refractivity contribution in [2.45, 2.75) is 19.4 Å². The fraction of sp³-hybridized carbons (Fsp3) is 0.600. The van der Waals surface area contributed by atoms with Crippen LogP contribution in [0.4, 0.5) is 0 Å². The molecule has 1 aliphatic rings. The van der Waals surface area contributed by atoms with Crippen LogP contribution in [-0.2, 0) is 11.3 Å². The number of rotatable bonds is 3. The summed E-state index contributed by atoms with van der Waals surface area (Å²) in [6, 6.07) is 0. The molecule has 1 fully saturated rings. The second kappa shape index (κ2) is 4.37. The molecule has 2 heterocycles. The van der Waals surface area contributed by atoms with Gasteiger partial charge in [0.1, 0.15) is 12.1 Å². The topological polar surface area (TPSA) is 49.0 Å². The maximum atomic E-state index is 10.5. The maximum absolute atomic E-state index is 10.5. The highest BCUT2D eigenvalue weighted by Crippen LogP contribution is 2.15. The lowest BCUT2D eigenvalue weighted by molar-refractivity contribution is -0.112. The van der Waals surface area contributed by atoms with Gasteiger partial charge in [-0.3, -0.25) is 4.90 Å². The van der Waals surface area contributed by atoms with Crippen LogP contribution in [-0.4, -0.2) is 34.2 Å². The van der Waals surface area contributed by atoms with Crippen LogP contribution in [0.1, 0.15) is 18.7 Å². The van der Waals surface area contributed by atoms with E-state index in [1.54, 1.807) is 6.20 Å². The van der Waals surface area contributed by atoms with E-state index < -0.39 is 0 Å². The number of likely N-dealkylation sites (tertiary alicyclic amines) is 1. The van der Waals surface area contributed by atoms with Gasteiger partial charge in [-0.1, -0.05) is 0 Å². The number of aldehydes is 1. The number of carbonyl (C=O) groups is 1. The zero-order valence-electron chi connectivity index (χ0n) is 8.15. The zero-order valence-corrected chi connectivity index (χ0v) is 8.15. The number of aromatic nitrogens is 2. The van der Waals surface area contributed by atoms with Gasteiger partial charge in [0.25, 0.3) is 0 Å². The smallest absolute Gasteiger partial charge is 0.123 e. The minimum atomic E-state index is 0.280. The third-order valence-corrected chi connectivity index (χ3v) is 2.75. The lowest BCUT2D eigenvalue weighted by Gasteiger charge is -2.28. The van der Waals surface area contributed by atoms with Gasteiger partial charge in [-0.05, 0) is 25.9 Å². The molecule has 1 saturated heterocycles. The highest BCUT2D eigenvalue weighted by molar-refractivity contribution is 5.53. The van der Waals surface area contributed by atoms with Crippen LogP contribution in [0.2, 0.25) is 0 Å². The van der Waals surface area contributed by atoms with Crippen molar-refractivity contribution in [1.29, 1.82) is 0 Å². The summed E-state index contributed by atoms with van der Waals surface area (Å²) in [5, 5.41) is 0. The van der Waals surface area contributed by atoms with E-state index in [2.05, 4.69) is 14.9 Å². The molecular weight excluding hydrogens is 178 g/mol. The van der Waals surface area contributed by atoms with Crippen molar-refractivity contribution in [2.24, 2.45) is 5.92 Å². The molecule has 0 saturated carbocycles. The molecule has 1 aromatic rings. The average molecular weight is 193 g/mol. The normalized spacial score (nSPS) is 19.7. The standard InChI is InChI=1S/C10H15N3O/c14-8-9-1-5-13(6-2-9)7-10-11-3-4-12-10/h3-4,8-9H,1-2,5-7H2,(H,11,12). The molecule has 14 heavy (non-hydrogen) atoms. The van der Waals surface area contributed by atoms with Crippen molar-refractivity contribution in [3.63, 3.8) is 0 Å². The minimum absolute atomic E-state index is 0.280. The van der Waals surface area contributed by atoms with Gasteiger partial charge in [-0.2, -0.15) is 0 Å². The summed E-state index contributed by atoms with van der Waals surface area (Å²) in [7, 11) is 0. The molecule has 4 heteroatoms. The molecule has 1 aliphatic heterocycles. The predicted molar refractivity (Wildman–Crippen MR) is 52.7 cm³/mol. The monoisotopic (exact) mass is 193 g/mol. The Bertz CT molecular complexity index is 276. The second-order valence-electron chi connectivity index (χ2n) is 3.79. The van der Waals surface area contributed by atoms with E-state index in [9.17, 15) is 4.79 Å². The number of hydrogen-bond acceptors (Lipinski definition) is 3. The van der Waals surface area contributed by atoms with Gasteiger partial charge in [-0.25, -0.2) is 4.98 Å². The zero-order chi connectivity index (χ0) is 9.80. The number of nitrogens with one attached hydrogen (secondary N) is 1. The van der Waals surface area contributed by atoms with Crippen LogP contribution in [0.3, 0.4) is 0 Å². The lowest BCUT2D eigenvalue weighted by atomic mass is 9.99. The molecule has 0 spiro atoms. The molecule has 0 amide bonds. The third kappa shape index (κ3) is 2.20. The average Bonchev–Trinajstić information content (AvgIpc) is 2.72. The van der Waals surface area contributed by atoms with Crippen LogP contribution >= 0.6 is 0 Å². The number of H-pyrrole nitrogens is 1. The molecule has 1 aromatic heterocycles. The van der Waals surface area contributed by atoms with E-state index in [4.69, 9.17) is 0 Å². The van der Waals surface area contributed by atoms with Gasteiger partial charge in [-0.15, -0.1) is 0 Å². The van der Waals surface area contributed by atoms with Crippen LogP contribution in [0.5, 0.6) is 0 Å². The van der Waals surface area contributed by atoms with Gasteiger partial charge in [0, 0.05) is 18.3 Å². The summed E-state index contributed by atoms with van der Waals surface area (Å²) in [5.41, 5.74) is 0. The molecule has 0 unspecified atom stereocenters. The lowest BCUT2D eigenvalue weighted by Crippen LogP contribution is -2.33. The minimum Gasteiger partial charge on any atom is -0.348 e. The Morgan fingerprint density at radius 2 is 2.36 bits per heavy atom.